The highest BCUT2D eigenvalue weighted by molar-refractivity contribution is 6.31. The summed E-state index contributed by atoms with van der Waals surface area (Å²) in [6, 6.07) is 4.78. The highest BCUT2D eigenvalue weighted by Gasteiger charge is 2.29. The maximum Gasteiger partial charge on any atom is 0.337 e. The van der Waals surface area contributed by atoms with Gasteiger partial charge >= 0.3 is 17.8 Å². The maximum atomic E-state index is 12.5. The number of morpholine rings is 1. The summed E-state index contributed by atoms with van der Waals surface area (Å²) in [5.74, 6) is -0.743. The second-order valence-electron chi connectivity index (χ2n) is 7.58. The number of ether oxygens (including phenoxy) is 2. The molecule has 162 valence electrons. The summed E-state index contributed by atoms with van der Waals surface area (Å²) in [7, 11) is 1.31. The standard InChI is InChI=1S/C20H25ClN4O5/c1-20(2,25-6-8-29-9-7-25)12-22-17(26)18-23-16(24-30-18)11-14-10-13(19(27)28-3)4-5-15(14)21/h4-5,10H,6-9,11-12H2,1-3H3,(H,22,26). The Morgan fingerprint density at radius 2 is 2.03 bits per heavy atom. The van der Waals surface area contributed by atoms with Crippen molar-refractivity contribution >= 4 is 23.5 Å². The van der Waals surface area contributed by atoms with Gasteiger partial charge in [0.25, 0.3) is 0 Å². The van der Waals surface area contributed by atoms with Crippen molar-refractivity contribution in [1.29, 1.82) is 0 Å². The van der Waals surface area contributed by atoms with E-state index in [2.05, 4.69) is 34.2 Å². The highest BCUT2D eigenvalue weighted by Crippen LogP contribution is 2.21. The Bertz CT molecular complexity index is 908. The number of hydrogen-bond acceptors (Lipinski definition) is 8. The summed E-state index contributed by atoms with van der Waals surface area (Å²) in [5.41, 5.74) is 0.758. The fourth-order valence-corrected chi connectivity index (χ4v) is 3.38. The van der Waals surface area contributed by atoms with E-state index in [9.17, 15) is 9.59 Å². The molecule has 1 aliphatic heterocycles. The van der Waals surface area contributed by atoms with E-state index in [-0.39, 0.29) is 23.7 Å². The van der Waals surface area contributed by atoms with Gasteiger partial charge in [-0.1, -0.05) is 16.8 Å². The van der Waals surface area contributed by atoms with Gasteiger partial charge in [-0.3, -0.25) is 9.69 Å². The van der Waals surface area contributed by atoms with E-state index in [0.29, 0.717) is 35.9 Å². The Morgan fingerprint density at radius 3 is 2.73 bits per heavy atom. The van der Waals surface area contributed by atoms with Crippen LogP contribution in [0.4, 0.5) is 0 Å². The number of esters is 1. The van der Waals surface area contributed by atoms with Crippen LogP contribution in [-0.4, -0.2) is 72.4 Å². The molecule has 0 saturated carbocycles. The fraction of sp³-hybridized carbons (Fsp3) is 0.500. The highest BCUT2D eigenvalue weighted by atomic mass is 35.5. The third-order valence-electron chi connectivity index (χ3n) is 5.03. The molecule has 0 atom stereocenters. The molecule has 1 aliphatic rings. The molecule has 1 aromatic heterocycles. The van der Waals surface area contributed by atoms with Crippen LogP contribution in [0.3, 0.4) is 0 Å². The van der Waals surface area contributed by atoms with E-state index < -0.39 is 11.9 Å². The molecular weight excluding hydrogens is 412 g/mol. The zero-order valence-electron chi connectivity index (χ0n) is 17.2. The van der Waals surface area contributed by atoms with E-state index >= 15 is 0 Å². The zero-order chi connectivity index (χ0) is 21.7. The number of carbonyl (C=O) groups excluding carboxylic acids is 2. The first-order chi connectivity index (χ1) is 14.3. The molecular formula is C20H25ClN4O5. The van der Waals surface area contributed by atoms with E-state index in [1.165, 1.54) is 7.11 Å². The number of benzene rings is 1. The molecule has 1 N–H and O–H groups in total. The second kappa shape index (κ2) is 9.55. The second-order valence-corrected chi connectivity index (χ2v) is 7.99. The summed E-state index contributed by atoms with van der Waals surface area (Å²) in [6.45, 7) is 7.56. The lowest BCUT2D eigenvalue weighted by Crippen LogP contribution is -2.55. The SMILES string of the molecule is COC(=O)c1ccc(Cl)c(Cc2noc(C(=O)NCC(C)(C)N3CCOCC3)n2)c1. The lowest BCUT2D eigenvalue weighted by molar-refractivity contribution is -0.00933. The average Bonchev–Trinajstić information content (AvgIpc) is 3.22. The molecule has 0 radical (unpaired) electrons. The van der Waals surface area contributed by atoms with Crippen molar-refractivity contribution in [3.05, 3.63) is 46.1 Å². The van der Waals surface area contributed by atoms with Crippen LogP contribution < -0.4 is 5.32 Å². The van der Waals surface area contributed by atoms with E-state index in [1.807, 2.05) is 0 Å². The van der Waals surface area contributed by atoms with Gasteiger partial charge in [0, 0.05) is 36.6 Å². The molecule has 2 aromatic rings. The van der Waals surface area contributed by atoms with Crippen molar-refractivity contribution in [2.75, 3.05) is 40.0 Å². The summed E-state index contributed by atoms with van der Waals surface area (Å²) in [5, 5.41) is 7.16. The van der Waals surface area contributed by atoms with Gasteiger partial charge in [-0.25, -0.2) is 4.79 Å². The normalized spacial score (nSPS) is 15.1. The van der Waals surface area contributed by atoms with Crippen LogP contribution in [0.1, 0.15) is 46.3 Å². The van der Waals surface area contributed by atoms with Gasteiger partial charge in [-0.15, -0.1) is 0 Å². The number of carbonyl (C=O) groups is 2. The predicted molar refractivity (Wildman–Crippen MR) is 109 cm³/mol. The number of nitrogens with zero attached hydrogens (tertiary/aromatic N) is 3. The Balaban J connectivity index is 1.62. The molecule has 3 rings (SSSR count). The quantitative estimate of drug-likeness (QED) is 0.656. The molecule has 1 fully saturated rings. The maximum absolute atomic E-state index is 12.5. The number of amides is 1. The minimum absolute atomic E-state index is 0.122. The number of hydrogen-bond donors (Lipinski definition) is 1. The molecule has 10 heteroatoms. The summed E-state index contributed by atoms with van der Waals surface area (Å²) in [6.07, 6.45) is 0.208. The largest absolute Gasteiger partial charge is 0.465 e. The Labute approximate surface area is 179 Å². The number of halogens is 1. The lowest BCUT2D eigenvalue weighted by Gasteiger charge is -2.40. The topological polar surface area (TPSA) is 107 Å². The molecule has 0 spiro atoms. The fourth-order valence-electron chi connectivity index (χ4n) is 3.20. The molecule has 0 unspecified atom stereocenters. The van der Waals surface area contributed by atoms with Crippen molar-refractivity contribution in [2.24, 2.45) is 0 Å². The Kier molecular flexibility index (Phi) is 7.06. The average molecular weight is 437 g/mol. The number of nitrogens with one attached hydrogen (secondary N) is 1. The number of rotatable bonds is 7. The molecule has 1 aromatic carbocycles. The third-order valence-corrected chi connectivity index (χ3v) is 5.40. The minimum Gasteiger partial charge on any atom is -0.465 e. The van der Waals surface area contributed by atoms with Crippen LogP contribution in [0, 0.1) is 0 Å². The van der Waals surface area contributed by atoms with Gasteiger partial charge < -0.3 is 19.3 Å². The molecule has 0 aliphatic carbocycles. The van der Waals surface area contributed by atoms with Crippen molar-refractivity contribution < 1.29 is 23.6 Å². The zero-order valence-corrected chi connectivity index (χ0v) is 18.0. The van der Waals surface area contributed by atoms with Gasteiger partial charge in [0.15, 0.2) is 5.82 Å². The van der Waals surface area contributed by atoms with Crippen LogP contribution >= 0.6 is 11.6 Å². The predicted octanol–water partition coefficient (Wildman–Crippen LogP) is 1.94. The van der Waals surface area contributed by atoms with Crippen LogP contribution in [0.25, 0.3) is 0 Å². The van der Waals surface area contributed by atoms with E-state index in [1.54, 1.807) is 18.2 Å². The van der Waals surface area contributed by atoms with Gasteiger partial charge in [0.2, 0.25) is 0 Å². The van der Waals surface area contributed by atoms with Gasteiger partial charge in [-0.05, 0) is 37.6 Å². The molecule has 0 bridgehead atoms. The van der Waals surface area contributed by atoms with Gasteiger partial charge in [0.05, 0.1) is 25.9 Å². The van der Waals surface area contributed by atoms with Crippen LogP contribution in [-0.2, 0) is 15.9 Å². The van der Waals surface area contributed by atoms with Crippen LogP contribution in [0.2, 0.25) is 5.02 Å². The van der Waals surface area contributed by atoms with Gasteiger partial charge in [-0.2, -0.15) is 4.98 Å². The molecule has 30 heavy (non-hydrogen) atoms. The molecule has 9 nitrogen and oxygen atoms in total. The monoisotopic (exact) mass is 436 g/mol. The van der Waals surface area contributed by atoms with Crippen LogP contribution in [0.5, 0.6) is 0 Å². The van der Waals surface area contributed by atoms with E-state index in [0.717, 1.165) is 13.1 Å². The smallest absolute Gasteiger partial charge is 0.337 e. The summed E-state index contributed by atoms with van der Waals surface area (Å²) < 4.78 is 15.2. The number of methoxy groups -OCH3 is 1. The summed E-state index contributed by atoms with van der Waals surface area (Å²) >= 11 is 6.21. The van der Waals surface area contributed by atoms with Crippen molar-refractivity contribution in [1.82, 2.24) is 20.4 Å². The van der Waals surface area contributed by atoms with Crippen LogP contribution in [0.15, 0.2) is 22.7 Å². The van der Waals surface area contributed by atoms with Crippen molar-refractivity contribution in [2.45, 2.75) is 25.8 Å². The summed E-state index contributed by atoms with van der Waals surface area (Å²) in [4.78, 5) is 30.6. The molecule has 2 heterocycles. The first-order valence-corrected chi connectivity index (χ1v) is 9.98. The van der Waals surface area contributed by atoms with Crippen molar-refractivity contribution in [3.63, 3.8) is 0 Å². The van der Waals surface area contributed by atoms with E-state index in [4.69, 9.17) is 25.6 Å². The third kappa shape index (κ3) is 5.35. The Hall–Kier alpha value is -2.49. The van der Waals surface area contributed by atoms with Crippen molar-refractivity contribution in [3.8, 4) is 0 Å². The molecule has 1 saturated heterocycles. The Morgan fingerprint density at radius 1 is 1.30 bits per heavy atom. The lowest BCUT2D eigenvalue weighted by atomic mass is 10.0. The number of aromatic nitrogens is 2. The first-order valence-electron chi connectivity index (χ1n) is 9.60. The molecule has 1 amide bonds. The minimum atomic E-state index is -0.469. The first kappa shape index (κ1) is 22.2. The van der Waals surface area contributed by atoms with Gasteiger partial charge in [0.1, 0.15) is 0 Å².